The second-order valence-corrected chi connectivity index (χ2v) is 7.84. The zero-order chi connectivity index (χ0) is 26.0. The first-order chi connectivity index (χ1) is 18.2. The van der Waals surface area contributed by atoms with E-state index in [2.05, 4.69) is 31.8 Å². The third kappa shape index (κ3) is 6.25. The summed E-state index contributed by atoms with van der Waals surface area (Å²) in [5.74, 6) is 0. The zero-order valence-corrected chi connectivity index (χ0v) is 22.7. The van der Waals surface area contributed by atoms with Crippen LogP contribution in [-0.4, -0.2) is 9.97 Å². The van der Waals surface area contributed by atoms with Gasteiger partial charge in [0.1, 0.15) is 0 Å². The average molecular weight is 666 g/mol. The SMILES string of the molecule is [C-]#[N+]c1cc(C#N)[c-]c(-c2nccc(C)c2-c2ccccc2)c1[N+]#[C-].[Ir].[c-]1ccccc1-c1ccccn1. The van der Waals surface area contributed by atoms with Crippen LogP contribution < -0.4 is 0 Å². The molecule has 5 nitrogen and oxygen atoms in total. The van der Waals surface area contributed by atoms with E-state index in [9.17, 15) is 5.26 Å². The maximum absolute atomic E-state index is 9.25. The van der Waals surface area contributed by atoms with E-state index < -0.39 is 0 Å². The van der Waals surface area contributed by atoms with Crippen molar-refractivity contribution in [1.29, 1.82) is 5.26 Å². The van der Waals surface area contributed by atoms with E-state index in [1.807, 2.05) is 91.9 Å². The van der Waals surface area contributed by atoms with Crippen molar-refractivity contribution in [3.05, 3.63) is 143 Å². The molecular formula is C32H19IrN5-2. The van der Waals surface area contributed by atoms with Gasteiger partial charge in [0.2, 0.25) is 0 Å². The Morgan fingerprint density at radius 1 is 0.868 bits per heavy atom. The van der Waals surface area contributed by atoms with Crippen molar-refractivity contribution >= 4 is 11.4 Å². The molecule has 0 aliphatic carbocycles. The number of nitriles is 1. The van der Waals surface area contributed by atoms with Crippen molar-refractivity contribution in [3.63, 3.8) is 0 Å². The monoisotopic (exact) mass is 666 g/mol. The summed E-state index contributed by atoms with van der Waals surface area (Å²) in [6.07, 6.45) is 3.45. The van der Waals surface area contributed by atoms with Gasteiger partial charge >= 0.3 is 0 Å². The van der Waals surface area contributed by atoms with Gasteiger partial charge in [0.05, 0.1) is 13.1 Å². The van der Waals surface area contributed by atoms with Crippen LogP contribution in [0.4, 0.5) is 11.4 Å². The minimum Gasteiger partial charge on any atom is -0.305 e. The molecule has 5 aromatic rings. The van der Waals surface area contributed by atoms with E-state index in [0.29, 0.717) is 11.3 Å². The summed E-state index contributed by atoms with van der Waals surface area (Å²) in [6, 6.07) is 34.8. The van der Waals surface area contributed by atoms with E-state index in [1.54, 1.807) is 12.4 Å². The van der Waals surface area contributed by atoms with Gasteiger partial charge in [-0.15, -0.1) is 48.0 Å². The van der Waals surface area contributed by atoms with Gasteiger partial charge in [0.15, 0.2) is 11.4 Å². The smallest absolute Gasteiger partial charge is 0.181 e. The molecule has 0 fully saturated rings. The minimum absolute atomic E-state index is 0. The first kappa shape index (κ1) is 27.7. The third-order valence-corrected chi connectivity index (χ3v) is 5.48. The van der Waals surface area contributed by atoms with Crippen molar-refractivity contribution in [3.8, 4) is 39.7 Å². The molecule has 3 aromatic carbocycles. The number of benzene rings is 3. The Bertz CT molecular complexity index is 1610. The van der Waals surface area contributed by atoms with Crippen LogP contribution in [0.5, 0.6) is 0 Å². The Morgan fingerprint density at radius 2 is 1.63 bits per heavy atom. The van der Waals surface area contributed by atoms with Crippen LogP contribution in [0.15, 0.2) is 97.3 Å². The van der Waals surface area contributed by atoms with Gasteiger partial charge in [-0.1, -0.05) is 53.6 Å². The maximum atomic E-state index is 9.25. The largest absolute Gasteiger partial charge is 0.305 e. The Labute approximate surface area is 236 Å². The standard InChI is InChI=1S/C21H11N4.C11H8N.Ir/c1-14-9-10-25-21(19(14)16-7-5-4-6-8-16)17-11-15(13-22)12-18(23-2)20(17)24-3;1-2-6-10(7-3-1)11-8-4-5-9-12-11;/h4-10,12H,1H3;1-6,8-9H;/q2*-1;. The molecule has 0 saturated heterocycles. The molecule has 183 valence electrons. The van der Waals surface area contributed by atoms with Crippen LogP contribution >= 0.6 is 0 Å². The van der Waals surface area contributed by atoms with Crippen molar-refractivity contribution in [2.45, 2.75) is 6.92 Å². The van der Waals surface area contributed by atoms with Crippen LogP contribution in [-0.2, 0) is 20.1 Å². The topological polar surface area (TPSA) is 58.3 Å². The normalized spacial score (nSPS) is 9.42. The van der Waals surface area contributed by atoms with Crippen LogP contribution in [0.25, 0.3) is 43.3 Å². The van der Waals surface area contributed by atoms with Gasteiger partial charge in [-0.05, 0) is 47.5 Å². The van der Waals surface area contributed by atoms with Gasteiger partial charge in [-0.3, -0.25) is 14.7 Å². The zero-order valence-electron chi connectivity index (χ0n) is 20.3. The number of hydrogen-bond acceptors (Lipinski definition) is 3. The number of hydrogen-bond donors (Lipinski definition) is 0. The third-order valence-electron chi connectivity index (χ3n) is 5.48. The van der Waals surface area contributed by atoms with Crippen molar-refractivity contribution in [2.75, 3.05) is 0 Å². The molecule has 0 spiro atoms. The Balaban J connectivity index is 0.000000258. The van der Waals surface area contributed by atoms with Crippen molar-refractivity contribution in [2.24, 2.45) is 0 Å². The maximum Gasteiger partial charge on any atom is 0.181 e. The first-order valence-corrected chi connectivity index (χ1v) is 11.3. The Hall–Kier alpha value is -4.92. The predicted octanol–water partition coefficient (Wildman–Crippen LogP) is 8.04. The average Bonchev–Trinajstić information content (AvgIpc) is 2.98. The number of nitrogens with zero attached hydrogens (tertiary/aromatic N) is 5. The fourth-order valence-electron chi connectivity index (χ4n) is 3.78. The van der Waals surface area contributed by atoms with Gasteiger partial charge in [0.25, 0.3) is 0 Å². The summed E-state index contributed by atoms with van der Waals surface area (Å²) in [7, 11) is 0. The molecule has 38 heavy (non-hydrogen) atoms. The van der Waals surface area contributed by atoms with Crippen molar-refractivity contribution in [1.82, 2.24) is 9.97 Å². The molecule has 6 heteroatoms. The summed E-state index contributed by atoms with van der Waals surface area (Å²) in [6.45, 7) is 16.8. The molecule has 2 aromatic heterocycles. The molecule has 0 amide bonds. The van der Waals surface area contributed by atoms with E-state index >= 15 is 0 Å². The molecule has 5 rings (SSSR count). The summed E-state index contributed by atoms with van der Waals surface area (Å²) in [5.41, 5.74) is 6.31. The fraction of sp³-hybridized carbons (Fsp3) is 0.0312. The van der Waals surface area contributed by atoms with Gasteiger partial charge in [0, 0.05) is 38.2 Å². The number of aromatic nitrogens is 2. The number of rotatable bonds is 3. The molecule has 0 bridgehead atoms. The second-order valence-electron chi connectivity index (χ2n) is 7.84. The molecule has 0 unspecified atom stereocenters. The van der Waals surface area contributed by atoms with Crippen LogP contribution in [0.1, 0.15) is 11.1 Å². The molecule has 2 heterocycles. The molecule has 0 saturated carbocycles. The summed E-state index contributed by atoms with van der Waals surface area (Å²) in [4.78, 5) is 15.6. The number of pyridine rings is 2. The Kier molecular flexibility index (Phi) is 9.76. The van der Waals surface area contributed by atoms with E-state index in [1.165, 1.54) is 6.07 Å². The van der Waals surface area contributed by atoms with Crippen LogP contribution in [0, 0.1) is 43.5 Å². The Morgan fingerprint density at radius 3 is 2.26 bits per heavy atom. The predicted molar refractivity (Wildman–Crippen MR) is 144 cm³/mol. The quantitative estimate of drug-likeness (QED) is 0.183. The van der Waals surface area contributed by atoms with E-state index in [0.717, 1.165) is 27.9 Å². The van der Waals surface area contributed by atoms with Crippen LogP contribution in [0.3, 0.4) is 0 Å². The molecular weight excluding hydrogens is 647 g/mol. The fourth-order valence-corrected chi connectivity index (χ4v) is 3.78. The molecule has 0 N–H and O–H groups in total. The van der Waals surface area contributed by atoms with E-state index in [4.69, 9.17) is 13.1 Å². The van der Waals surface area contributed by atoms with Gasteiger partial charge in [-0.2, -0.15) is 0 Å². The number of aryl methyl sites for hydroxylation is 1. The van der Waals surface area contributed by atoms with E-state index in [-0.39, 0.29) is 37.0 Å². The molecule has 1 radical (unpaired) electrons. The van der Waals surface area contributed by atoms with Gasteiger partial charge in [-0.25, -0.2) is 5.26 Å². The molecule has 0 aliphatic rings. The minimum atomic E-state index is 0. The summed E-state index contributed by atoms with van der Waals surface area (Å²) in [5, 5.41) is 9.25. The van der Waals surface area contributed by atoms with Crippen molar-refractivity contribution < 1.29 is 20.1 Å². The molecule has 0 aliphatic heterocycles. The van der Waals surface area contributed by atoms with Gasteiger partial charge < -0.3 is 4.98 Å². The summed E-state index contributed by atoms with van der Waals surface area (Å²) < 4.78 is 0. The first-order valence-electron chi connectivity index (χ1n) is 11.3. The molecule has 0 atom stereocenters. The van der Waals surface area contributed by atoms with Crippen LogP contribution in [0.2, 0.25) is 0 Å². The second kappa shape index (κ2) is 13.4. The summed E-state index contributed by atoms with van der Waals surface area (Å²) >= 11 is 0.